The predicted molar refractivity (Wildman–Crippen MR) is 91.2 cm³/mol. The van der Waals surface area contributed by atoms with Gasteiger partial charge in [-0.05, 0) is 49.9 Å². The maximum absolute atomic E-state index is 13.0. The van der Waals surface area contributed by atoms with E-state index in [4.69, 9.17) is 9.26 Å². The van der Waals surface area contributed by atoms with Crippen LogP contribution in [-0.2, 0) is 16.1 Å². The number of likely N-dealkylation sites (tertiary alicyclic amines) is 1. The Morgan fingerprint density at radius 1 is 1.36 bits per heavy atom. The highest BCUT2D eigenvalue weighted by Crippen LogP contribution is 2.21. The summed E-state index contributed by atoms with van der Waals surface area (Å²) in [5.41, 5.74) is 1.35. The molecule has 1 aliphatic rings. The highest BCUT2D eigenvalue weighted by Gasteiger charge is 2.25. The fourth-order valence-electron chi connectivity index (χ4n) is 3.21. The van der Waals surface area contributed by atoms with E-state index in [0.29, 0.717) is 17.5 Å². The van der Waals surface area contributed by atoms with E-state index in [1.807, 2.05) is 4.90 Å². The lowest BCUT2D eigenvalue weighted by Gasteiger charge is -2.35. The fraction of sp³-hybridized carbons (Fsp3) is 0.474. The van der Waals surface area contributed by atoms with E-state index >= 15 is 0 Å². The standard InChI is InChI=1S/C19H23FN2O3/c1-2-17-5-3-4-10-22(17)19(23)13-24-12-16-11-18(25-21-16)14-6-8-15(20)9-7-14/h6-9,11,17H,2-5,10,12-13H2,1H3/t17-/m0/s1. The SMILES string of the molecule is CC[C@H]1CCCCN1C(=O)COCc1cc(-c2ccc(F)cc2)on1. The molecule has 0 bridgehead atoms. The third kappa shape index (κ3) is 4.45. The molecule has 0 saturated carbocycles. The Labute approximate surface area is 146 Å². The van der Waals surface area contributed by atoms with Crippen LogP contribution in [0.25, 0.3) is 11.3 Å². The van der Waals surface area contributed by atoms with Gasteiger partial charge in [0.15, 0.2) is 5.76 Å². The summed E-state index contributed by atoms with van der Waals surface area (Å²) in [4.78, 5) is 14.3. The van der Waals surface area contributed by atoms with Crippen LogP contribution in [0.3, 0.4) is 0 Å². The number of nitrogens with zero attached hydrogens (tertiary/aromatic N) is 2. The quantitative estimate of drug-likeness (QED) is 0.798. The van der Waals surface area contributed by atoms with Gasteiger partial charge >= 0.3 is 0 Å². The third-order valence-electron chi connectivity index (χ3n) is 4.58. The van der Waals surface area contributed by atoms with Crippen LogP contribution in [-0.4, -0.2) is 35.2 Å². The zero-order chi connectivity index (χ0) is 17.6. The lowest BCUT2D eigenvalue weighted by Crippen LogP contribution is -2.45. The molecule has 0 radical (unpaired) electrons. The molecule has 1 atom stereocenters. The van der Waals surface area contributed by atoms with Crippen molar-refractivity contribution in [3.05, 3.63) is 41.8 Å². The van der Waals surface area contributed by atoms with Gasteiger partial charge in [0.05, 0.1) is 6.61 Å². The Balaban J connectivity index is 1.50. The first-order valence-electron chi connectivity index (χ1n) is 8.76. The van der Waals surface area contributed by atoms with Crippen LogP contribution < -0.4 is 0 Å². The molecule has 25 heavy (non-hydrogen) atoms. The molecule has 1 fully saturated rings. The van der Waals surface area contributed by atoms with Gasteiger partial charge in [0.1, 0.15) is 18.1 Å². The Hall–Kier alpha value is -2.21. The van der Waals surface area contributed by atoms with Gasteiger partial charge in [-0.3, -0.25) is 4.79 Å². The van der Waals surface area contributed by atoms with Gasteiger partial charge in [-0.2, -0.15) is 0 Å². The first-order valence-corrected chi connectivity index (χ1v) is 8.76. The molecule has 1 amide bonds. The highest BCUT2D eigenvalue weighted by molar-refractivity contribution is 5.77. The van der Waals surface area contributed by atoms with Crippen LogP contribution in [0.4, 0.5) is 4.39 Å². The average Bonchev–Trinajstić information content (AvgIpc) is 3.11. The van der Waals surface area contributed by atoms with Gasteiger partial charge in [-0.25, -0.2) is 4.39 Å². The zero-order valence-electron chi connectivity index (χ0n) is 14.4. The molecule has 1 aromatic heterocycles. The molecule has 6 heteroatoms. The van der Waals surface area contributed by atoms with E-state index in [1.165, 1.54) is 18.6 Å². The topological polar surface area (TPSA) is 55.6 Å². The normalized spacial score (nSPS) is 17.7. The minimum absolute atomic E-state index is 0.0359. The highest BCUT2D eigenvalue weighted by atomic mass is 19.1. The van der Waals surface area contributed by atoms with E-state index in [-0.39, 0.29) is 24.9 Å². The first kappa shape index (κ1) is 17.6. The molecule has 134 valence electrons. The Kier molecular flexibility index (Phi) is 5.81. The van der Waals surface area contributed by atoms with Gasteiger partial charge in [-0.15, -0.1) is 0 Å². The van der Waals surface area contributed by atoms with E-state index in [9.17, 15) is 9.18 Å². The number of hydrogen-bond donors (Lipinski definition) is 0. The van der Waals surface area contributed by atoms with Crippen molar-refractivity contribution >= 4 is 5.91 Å². The van der Waals surface area contributed by atoms with Crippen molar-refractivity contribution in [2.45, 2.75) is 45.3 Å². The summed E-state index contributed by atoms with van der Waals surface area (Å²) in [6.45, 7) is 3.19. The van der Waals surface area contributed by atoms with Crippen LogP contribution in [0, 0.1) is 5.82 Å². The predicted octanol–water partition coefficient (Wildman–Crippen LogP) is 3.79. The summed E-state index contributed by atoms with van der Waals surface area (Å²) in [7, 11) is 0. The largest absolute Gasteiger partial charge is 0.365 e. The van der Waals surface area contributed by atoms with Crippen LogP contribution >= 0.6 is 0 Å². The maximum atomic E-state index is 13.0. The van der Waals surface area contributed by atoms with Crippen molar-refractivity contribution in [1.29, 1.82) is 0 Å². The van der Waals surface area contributed by atoms with E-state index in [2.05, 4.69) is 12.1 Å². The van der Waals surface area contributed by atoms with E-state index < -0.39 is 0 Å². The summed E-state index contributed by atoms with van der Waals surface area (Å²) >= 11 is 0. The van der Waals surface area contributed by atoms with Gasteiger partial charge in [-0.1, -0.05) is 12.1 Å². The Morgan fingerprint density at radius 2 is 2.16 bits per heavy atom. The van der Waals surface area contributed by atoms with Crippen molar-refractivity contribution < 1.29 is 18.4 Å². The molecule has 5 nitrogen and oxygen atoms in total. The van der Waals surface area contributed by atoms with Crippen LogP contribution in [0.15, 0.2) is 34.9 Å². The van der Waals surface area contributed by atoms with Crippen molar-refractivity contribution in [2.75, 3.05) is 13.2 Å². The molecule has 1 aliphatic heterocycles. The lowest BCUT2D eigenvalue weighted by atomic mass is 10.00. The number of hydrogen-bond acceptors (Lipinski definition) is 4. The summed E-state index contributed by atoms with van der Waals surface area (Å²) in [5.74, 6) is 0.286. The van der Waals surface area contributed by atoms with Gasteiger partial charge < -0.3 is 14.2 Å². The van der Waals surface area contributed by atoms with Crippen molar-refractivity contribution in [1.82, 2.24) is 10.1 Å². The van der Waals surface area contributed by atoms with Crippen molar-refractivity contribution in [3.63, 3.8) is 0 Å². The molecule has 3 rings (SSSR count). The second kappa shape index (κ2) is 8.25. The van der Waals surface area contributed by atoms with E-state index in [0.717, 1.165) is 31.4 Å². The second-order valence-electron chi connectivity index (χ2n) is 6.33. The lowest BCUT2D eigenvalue weighted by molar-refractivity contribution is -0.140. The number of piperidine rings is 1. The number of rotatable bonds is 6. The number of carbonyl (C=O) groups excluding carboxylic acids is 1. The number of amides is 1. The molecule has 2 heterocycles. The number of benzene rings is 1. The average molecular weight is 346 g/mol. The molecule has 1 aromatic carbocycles. The molecular weight excluding hydrogens is 323 g/mol. The third-order valence-corrected chi connectivity index (χ3v) is 4.58. The molecule has 1 saturated heterocycles. The molecule has 0 spiro atoms. The second-order valence-corrected chi connectivity index (χ2v) is 6.33. The Morgan fingerprint density at radius 3 is 2.92 bits per heavy atom. The van der Waals surface area contributed by atoms with Crippen LogP contribution in [0.5, 0.6) is 0 Å². The zero-order valence-corrected chi connectivity index (χ0v) is 14.4. The summed E-state index contributed by atoms with van der Waals surface area (Å²) in [6.07, 6.45) is 4.31. The van der Waals surface area contributed by atoms with Gasteiger partial charge in [0.2, 0.25) is 5.91 Å². The summed E-state index contributed by atoms with van der Waals surface area (Å²) in [6, 6.07) is 8.08. The smallest absolute Gasteiger partial charge is 0.248 e. The maximum Gasteiger partial charge on any atom is 0.248 e. The minimum atomic E-state index is -0.298. The molecule has 0 unspecified atom stereocenters. The molecule has 0 N–H and O–H groups in total. The summed E-state index contributed by atoms with van der Waals surface area (Å²) < 4.78 is 23.7. The number of carbonyl (C=O) groups is 1. The number of ether oxygens (including phenoxy) is 1. The molecule has 2 aromatic rings. The number of aromatic nitrogens is 1. The van der Waals surface area contributed by atoms with Gasteiger partial charge in [0.25, 0.3) is 0 Å². The fourth-order valence-corrected chi connectivity index (χ4v) is 3.21. The van der Waals surface area contributed by atoms with Crippen LogP contribution in [0.1, 0.15) is 38.3 Å². The molecule has 0 aliphatic carbocycles. The minimum Gasteiger partial charge on any atom is -0.365 e. The van der Waals surface area contributed by atoms with Gasteiger partial charge in [0, 0.05) is 24.2 Å². The van der Waals surface area contributed by atoms with E-state index in [1.54, 1.807) is 18.2 Å². The monoisotopic (exact) mass is 346 g/mol. The van der Waals surface area contributed by atoms with Crippen molar-refractivity contribution in [2.24, 2.45) is 0 Å². The summed E-state index contributed by atoms with van der Waals surface area (Å²) in [5, 5.41) is 3.94. The van der Waals surface area contributed by atoms with Crippen molar-refractivity contribution in [3.8, 4) is 11.3 Å². The number of halogens is 1. The first-order chi connectivity index (χ1) is 12.2. The van der Waals surface area contributed by atoms with Crippen LogP contribution in [0.2, 0.25) is 0 Å². The Bertz CT molecular complexity index is 699. The molecular formula is C19H23FN2O3.